The van der Waals surface area contributed by atoms with Crippen molar-refractivity contribution in [3.05, 3.63) is 28.8 Å². The fraction of sp³-hybridized carbons (Fsp3) is 0.500. The molecule has 1 aliphatic rings. The summed E-state index contributed by atoms with van der Waals surface area (Å²) in [6, 6.07) is 4.81. The first kappa shape index (κ1) is 22.9. The lowest BCUT2D eigenvalue weighted by Crippen LogP contribution is -2.34. The number of hydrogen-bond acceptors (Lipinski definition) is 7. The van der Waals surface area contributed by atoms with Gasteiger partial charge in [-0.1, -0.05) is 0 Å². The first-order valence-corrected chi connectivity index (χ1v) is 10.9. The van der Waals surface area contributed by atoms with Crippen molar-refractivity contribution in [2.75, 3.05) is 13.7 Å². The van der Waals surface area contributed by atoms with Crippen molar-refractivity contribution in [2.24, 2.45) is 5.92 Å². The van der Waals surface area contributed by atoms with E-state index < -0.39 is 23.7 Å². The summed E-state index contributed by atoms with van der Waals surface area (Å²) in [4.78, 5) is 28.7. The van der Waals surface area contributed by atoms with Crippen molar-refractivity contribution in [3.8, 4) is 22.1 Å². The van der Waals surface area contributed by atoms with Crippen LogP contribution in [0.25, 0.3) is 10.6 Å². The molecule has 1 atom stereocenters. The molecule has 3 rings (SSSR count). The highest BCUT2D eigenvalue weighted by Crippen LogP contribution is 2.38. The van der Waals surface area contributed by atoms with E-state index in [2.05, 4.69) is 10.3 Å². The van der Waals surface area contributed by atoms with E-state index in [1.807, 2.05) is 6.07 Å². The number of aromatic carboxylic acids is 1. The van der Waals surface area contributed by atoms with Gasteiger partial charge in [-0.3, -0.25) is 0 Å². The third-order valence-electron chi connectivity index (χ3n) is 4.56. The Morgan fingerprint density at radius 3 is 2.58 bits per heavy atom. The number of nitrogens with zero attached hydrogens (tertiary/aromatic N) is 1. The molecule has 1 saturated carbocycles. The molecule has 1 heterocycles. The predicted octanol–water partition coefficient (Wildman–Crippen LogP) is 4.89. The molecule has 9 heteroatoms. The Morgan fingerprint density at radius 1 is 1.29 bits per heavy atom. The Morgan fingerprint density at radius 2 is 2.00 bits per heavy atom. The molecule has 168 valence electrons. The average molecular weight is 449 g/mol. The second-order valence-corrected chi connectivity index (χ2v) is 9.56. The number of ether oxygens (including phenoxy) is 3. The number of carboxylic acid groups (broad SMARTS) is 1. The smallest absolute Gasteiger partial charge is 0.408 e. The van der Waals surface area contributed by atoms with Crippen molar-refractivity contribution < 1.29 is 28.9 Å². The Balaban J connectivity index is 1.86. The summed E-state index contributed by atoms with van der Waals surface area (Å²) in [5, 5.41) is 12.8. The zero-order valence-electron chi connectivity index (χ0n) is 18.4. The molecule has 1 amide bonds. The van der Waals surface area contributed by atoms with Gasteiger partial charge in [0.1, 0.15) is 10.6 Å². The number of aromatic nitrogens is 1. The quantitative estimate of drug-likeness (QED) is 0.592. The normalized spacial score (nSPS) is 14.6. The number of methoxy groups -OCH3 is 1. The predicted molar refractivity (Wildman–Crippen MR) is 117 cm³/mol. The molecule has 2 aromatic rings. The number of hydrogen-bond donors (Lipinski definition) is 2. The number of amides is 1. The van der Waals surface area contributed by atoms with Crippen LogP contribution in [0.3, 0.4) is 0 Å². The van der Waals surface area contributed by atoms with Gasteiger partial charge in [-0.2, -0.15) is 0 Å². The Kier molecular flexibility index (Phi) is 6.74. The monoisotopic (exact) mass is 448 g/mol. The van der Waals surface area contributed by atoms with E-state index in [1.165, 1.54) is 24.2 Å². The topological polar surface area (TPSA) is 107 Å². The highest BCUT2D eigenvalue weighted by atomic mass is 32.1. The molecule has 8 nitrogen and oxygen atoms in total. The molecular formula is C22H28N2O6S. The molecule has 0 unspecified atom stereocenters. The van der Waals surface area contributed by atoms with Crippen LogP contribution in [-0.2, 0) is 4.74 Å². The number of rotatable bonds is 8. The van der Waals surface area contributed by atoms with E-state index in [0.717, 1.165) is 5.56 Å². The number of nitrogens with one attached hydrogen (secondary N) is 1. The van der Waals surface area contributed by atoms with Crippen molar-refractivity contribution >= 4 is 23.4 Å². The maximum Gasteiger partial charge on any atom is 0.408 e. The van der Waals surface area contributed by atoms with E-state index in [4.69, 9.17) is 14.2 Å². The molecule has 0 radical (unpaired) electrons. The van der Waals surface area contributed by atoms with Crippen molar-refractivity contribution in [1.82, 2.24) is 10.3 Å². The fourth-order valence-corrected chi connectivity index (χ4v) is 3.92. The zero-order chi connectivity index (χ0) is 22.8. The maximum absolute atomic E-state index is 12.1. The number of carbonyl (C=O) groups is 2. The van der Waals surface area contributed by atoms with Gasteiger partial charge in [-0.05, 0) is 64.7 Å². The SMILES string of the molecule is COc1ccc(-c2nc(C(=O)O)c([C@H](C)NC(=O)OC(C)(C)C)s2)cc1OCC1CC1. The summed E-state index contributed by atoms with van der Waals surface area (Å²) in [6.07, 6.45) is 1.72. The lowest BCUT2D eigenvalue weighted by Gasteiger charge is -2.21. The van der Waals surface area contributed by atoms with Gasteiger partial charge in [0.05, 0.1) is 24.6 Å². The third kappa shape index (κ3) is 6.10. The molecule has 31 heavy (non-hydrogen) atoms. The van der Waals surface area contributed by atoms with Crippen LogP contribution in [-0.4, -0.2) is 41.5 Å². The first-order chi connectivity index (χ1) is 14.6. The van der Waals surface area contributed by atoms with E-state index >= 15 is 0 Å². The van der Waals surface area contributed by atoms with Gasteiger partial charge in [0.15, 0.2) is 17.2 Å². The standard InChI is InChI=1S/C22H28N2O6S/c1-12(23-21(27)30-22(2,3)4)18-17(20(25)26)24-19(31-18)14-8-9-15(28-5)16(10-14)29-11-13-6-7-13/h8-10,12-13H,6-7,11H2,1-5H3,(H,23,27)(H,25,26)/t12-/m0/s1. The Bertz CT molecular complexity index is 961. The molecule has 1 aliphatic carbocycles. The van der Waals surface area contributed by atoms with E-state index in [0.29, 0.717) is 33.9 Å². The number of thiazole rings is 1. The van der Waals surface area contributed by atoms with Crippen LogP contribution in [0.5, 0.6) is 11.5 Å². The average Bonchev–Trinajstić information content (AvgIpc) is 3.39. The van der Waals surface area contributed by atoms with Gasteiger partial charge < -0.3 is 24.6 Å². The zero-order valence-corrected chi connectivity index (χ0v) is 19.2. The van der Waals surface area contributed by atoms with E-state index in [9.17, 15) is 14.7 Å². The van der Waals surface area contributed by atoms with Crippen LogP contribution in [0.15, 0.2) is 18.2 Å². The Hall–Kier alpha value is -2.81. The Labute approximate surface area is 185 Å². The first-order valence-electron chi connectivity index (χ1n) is 10.1. The maximum atomic E-state index is 12.1. The van der Waals surface area contributed by atoms with Gasteiger partial charge in [0, 0.05) is 5.56 Å². The molecule has 1 fully saturated rings. The molecule has 1 aromatic carbocycles. The number of carboxylic acids is 1. The third-order valence-corrected chi connectivity index (χ3v) is 5.85. The number of carbonyl (C=O) groups excluding carboxylic acids is 1. The molecule has 0 aliphatic heterocycles. The number of alkyl carbamates (subject to hydrolysis) is 1. The molecule has 2 N–H and O–H groups in total. The second kappa shape index (κ2) is 9.13. The minimum absolute atomic E-state index is 0.0974. The molecule has 1 aromatic heterocycles. The van der Waals surface area contributed by atoms with Gasteiger partial charge in [0.25, 0.3) is 0 Å². The van der Waals surface area contributed by atoms with E-state index in [-0.39, 0.29) is 5.69 Å². The summed E-state index contributed by atoms with van der Waals surface area (Å²) < 4.78 is 16.6. The minimum atomic E-state index is -1.16. The van der Waals surface area contributed by atoms with Crippen molar-refractivity contribution in [2.45, 2.75) is 52.2 Å². The highest BCUT2D eigenvalue weighted by Gasteiger charge is 2.26. The summed E-state index contributed by atoms with van der Waals surface area (Å²) >= 11 is 1.21. The highest BCUT2D eigenvalue weighted by molar-refractivity contribution is 7.15. The largest absolute Gasteiger partial charge is 0.493 e. The van der Waals surface area contributed by atoms with Gasteiger partial charge in [-0.15, -0.1) is 11.3 Å². The second-order valence-electron chi connectivity index (χ2n) is 8.52. The van der Waals surface area contributed by atoms with E-state index in [1.54, 1.807) is 46.9 Å². The van der Waals surface area contributed by atoms with Crippen LogP contribution < -0.4 is 14.8 Å². The van der Waals surface area contributed by atoms with Gasteiger partial charge >= 0.3 is 12.1 Å². The summed E-state index contributed by atoms with van der Waals surface area (Å²) in [7, 11) is 1.58. The van der Waals surface area contributed by atoms with Gasteiger partial charge in [-0.25, -0.2) is 14.6 Å². The van der Waals surface area contributed by atoms with Crippen LogP contribution in [0.1, 0.15) is 61.9 Å². The van der Waals surface area contributed by atoms with Crippen LogP contribution in [0.4, 0.5) is 4.79 Å². The lowest BCUT2D eigenvalue weighted by molar-refractivity contribution is 0.0505. The summed E-state index contributed by atoms with van der Waals surface area (Å²) in [5.74, 6) is 0.632. The van der Waals surface area contributed by atoms with Gasteiger partial charge in [0.2, 0.25) is 0 Å². The molecule has 0 saturated heterocycles. The molecular weight excluding hydrogens is 420 g/mol. The summed E-state index contributed by atoms with van der Waals surface area (Å²) in [5.41, 5.74) is -0.0345. The minimum Gasteiger partial charge on any atom is -0.493 e. The lowest BCUT2D eigenvalue weighted by atomic mass is 10.2. The summed E-state index contributed by atoms with van der Waals surface area (Å²) in [6.45, 7) is 7.61. The van der Waals surface area contributed by atoms with Crippen molar-refractivity contribution in [1.29, 1.82) is 0 Å². The fourth-order valence-electron chi connectivity index (χ4n) is 2.87. The molecule has 0 spiro atoms. The van der Waals surface area contributed by atoms with Crippen LogP contribution in [0.2, 0.25) is 0 Å². The van der Waals surface area contributed by atoms with Crippen LogP contribution in [0, 0.1) is 5.92 Å². The van der Waals surface area contributed by atoms with Crippen LogP contribution >= 0.6 is 11.3 Å². The number of benzene rings is 1. The van der Waals surface area contributed by atoms with Crippen molar-refractivity contribution in [3.63, 3.8) is 0 Å². The molecule has 0 bridgehead atoms.